The summed E-state index contributed by atoms with van der Waals surface area (Å²) >= 11 is 0. The fraction of sp³-hybridized carbons (Fsp3) is 0.636. The molecule has 0 saturated carbocycles. The largest absolute Gasteiger partial charge is 0.480 e. The Kier molecular flexibility index (Phi) is 4.30. The molecule has 2 heterocycles. The minimum Gasteiger partial charge on any atom is -0.480 e. The lowest BCUT2D eigenvalue weighted by Gasteiger charge is -2.25. The Bertz CT molecular complexity index is 495. The van der Waals surface area contributed by atoms with Gasteiger partial charge in [-0.05, 0) is 0 Å². The first-order valence-corrected chi connectivity index (χ1v) is 6.08. The first-order chi connectivity index (χ1) is 9.54. The zero-order valence-electron chi connectivity index (χ0n) is 11.0. The molecular weight excluding hydrogens is 268 g/mol. The molecule has 0 bridgehead atoms. The van der Waals surface area contributed by atoms with Gasteiger partial charge < -0.3 is 19.9 Å². The summed E-state index contributed by atoms with van der Waals surface area (Å²) in [6, 6.07) is 0. The van der Waals surface area contributed by atoms with Crippen LogP contribution in [0, 0.1) is 0 Å². The smallest absolute Gasteiger partial charge is 0.325 e. The van der Waals surface area contributed by atoms with Crippen molar-refractivity contribution in [3.8, 4) is 0 Å². The topological polar surface area (TPSA) is 116 Å². The molecule has 9 heteroatoms. The number of amides is 1. The van der Waals surface area contributed by atoms with E-state index < -0.39 is 17.5 Å². The van der Waals surface area contributed by atoms with Crippen molar-refractivity contribution in [1.82, 2.24) is 20.3 Å². The van der Waals surface area contributed by atoms with Gasteiger partial charge in [0, 0.05) is 26.7 Å². The summed E-state index contributed by atoms with van der Waals surface area (Å²) in [6.07, 6.45) is 1.99. The molecule has 2 N–H and O–H groups in total. The van der Waals surface area contributed by atoms with E-state index in [0.29, 0.717) is 26.2 Å². The quantitative estimate of drug-likeness (QED) is 0.681. The normalized spacial score (nSPS) is 21.9. The standard InChI is InChI=1S/C11H16N4O5/c1-19-11(2-3-20-7-11)6-12-10(18)8-4-15(14-13-8)5-9(16)17/h4H,2-3,5-7H2,1H3,(H,12,18)(H,16,17). The third kappa shape index (κ3) is 3.31. The highest BCUT2D eigenvalue weighted by Crippen LogP contribution is 2.21. The number of methoxy groups -OCH3 is 1. The Morgan fingerprint density at radius 1 is 1.65 bits per heavy atom. The molecule has 1 unspecified atom stereocenters. The highest BCUT2D eigenvalue weighted by molar-refractivity contribution is 5.91. The van der Waals surface area contributed by atoms with Gasteiger partial charge in [-0.15, -0.1) is 5.10 Å². The van der Waals surface area contributed by atoms with Gasteiger partial charge in [-0.3, -0.25) is 9.59 Å². The Labute approximate surface area is 114 Å². The van der Waals surface area contributed by atoms with Gasteiger partial charge in [0.15, 0.2) is 5.69 Å². The van der Waals surface area contributed by atoms with Crippen molar-refractivity contribution in [3.63, 3.8) is 0 Å². The van der Waals surface area contributed by atoms with Crippen molar-refractivity contribution in [2.24, 2.45) is 0 Å². The molecular formula is C11H16N4O5. The number of carbonyl (C=O) groups is 2. The molecule has 1 saturated heterocycles. The Hall–Kier alpha value is -2.00. The first-order valence-electron chi connectivity index (χ1n) is 6.08. The van der Waals surface area contributed by atoms with E-state index in [1.54, 1.807) is 7.11 Å². The van der Waals surface area contributed by atoms with Gasteiger partial charge in [-0.2, -0.15) is 0 Å². The molecule has 1 aromatic rings. The lowest BCUT2D eigenvalue weighted by atomic mass is 10.0. The second-order valence-corrected chi connectivity index (χ2v) is 4.57. The molecule has 20 heavy (non-hydrogen) atoms. The fourth-order valence-corrected chi connectivity index (χ4v) is 1.91. The summed E-state index contributed by atoms with van der Waals surface area (Å²) in [7, 11) is 1.57. The molecule has 9 nitrogen and oxygen atoms in total. The van der Waals surface area contributed by atoms with E-state index in [1.807, 2.05) is 0 Å². The number of ether oxygens (including phenoxy) is 2. The molecule has 0 aromatic carbocycles. The molecule has 1 aliphatic rings. The summed E-state index contributed by atoms with van der Waals surface area (Å²) in [5.74, 6) is -1.48. The molecule has 2 rings (SSSR count). The van der Waals surface area contributed by atoms with E-state index in [1.165, 1.54) is 6.20 Å². The molecule has 110 valence electrons. The summed E-state index contributed by atoms with van der Waals surface area (Å²) < 4.78 is 11.7. The van der Waals surface area contributed by atoms with Crippen LogP contribution in [0.15, 0.2) is 6.20 Å². The Morgan fingerprint density at radius 3 is 3.05 bits per heavy atom. The summed E-state index contributed by atoms with van der Waals surface area (Å²) in [6.45, 7) is 0.984. The number of rotatable bonds is 6. The van der Waals surface area contributed by atoms with Crippen molar-refractivity contribution in [3.05, 3.63) is 11.9 Å². The third-order valence-electron chi connectivity index (χ3n) is 3.14. The second kappa shape index (κ2) is 5.97. The number of aliphatic carboxylic acids is 1. The maximum absolute atomic E-state index is 11.9. The number of carboxylic acid groups (broad SMARTS) is 1. The molecule has 0 radical (unpaired) electrons. The van der Waals surface area contributed by atoms with Crippen molar-refractivity contribution in [1.29, 1.82) is 0 Å². The van der Waals surface area contributed by atoms with E-state index in [9.17, 15) is 9.59 Å². The maximum Gasteiger partial charge on any atom is 0.325 e. The lowest BCUT2D eigenvalue weighted by molar-refractivity contribution is -0.137. The number of nitrogens with zero attached hydrogens (tertiary/aromatic N) is 3. The molecule has 1 aliphatic heterocycles. The highest BCUT2D eigenvalue weighted by Gasteiger charge is 2.35. The van der Waals surface area contributed by atoms with Crippen LogP contribution in [-0.2, 0) is 20.8 Å². The molecule has 0 aliphatic carbocycles. The van der Waals surface area contributed by atoms with Gasteiger partial charge in [-0.1, -0.05) is 5.21 Å². The van der Waals surface area contributed by atoms with Crippen LogP contribution in [-0.4, -0.2) is 64.4 Å². The summed E-state index contributed by atoms with van der Waals surface area (Å²) in [5.41, 5.74) is -0.441. The van der Waals surface area contributed by atoms with Crippen LogP contribution in [0.25, 0.3) is 0 Å². The minimum absolute atomic E-state index is 0.0661. The zero-order chi connectivity index (χ0) is 14.6. The van der Waals surface area contributed by atoms with Crippen LogP contribution in [0.4, 0.5) is 0 Å². The van der Waals surface area contributed by atoms with E-state index in [4.69, 9.17) is 14.6 Å². The van der Waals surface area contributed by atoms with Gasteiger partial charge in [0.05, 0.1) is 12.8 Å². The predicted molar refractivity (Wildman–Crippen MR) is 65.2 cm³/mol. The maximum atomic E-state index is 11.9. The van der Waals surface area contributed by atoms with Crippen LogP contribution in [0.3, 0.4) is 0 Å². The highest BCUT2D eigenvalue weighted by atomic mass is 16.5. The third-order valence-corrected chi connectivity index (χ3v) is 3.14. The number of hydrogen-bond acceptors (Lipinski definition) is 6. The van der Waals surface area contributed by atoms with Crippen LogP contribution in [0.2, 0.25) is 0 Å². The van der Waals surface area contributed by atoms with Crippen LogP contribution in [0.1, 0.15) is 16.9 Å². The average Bonchev–Trinajstić information content (AvgIpc) is 3.05. The van der Waals surface area contributed by atoms with Crippen LogP contribution < -0.4 is 5.32 Å². The average molecular weight is 284 g/mol. The van der Waals surface area contributed by atoms with Crippen LogP contribution >= 0.6 is 0 Å². The van der Waals surface area contributed by atoms with E-state index in [-0.39, 0.29) is 12.2 Å². The zero-order valence-corrected chi connectivity index (χ0v) is 11.0. The lowest BCUT2D eigenvalue weighted by Crippen LogP contribution is -2.45. The van der Waals surface area contributed by atoms with Crippen molar-refractivity contribution in [2.45, 2.75) is 18.6 Å². The number of aromatic nitrogens is 3. The predicted octanol–water partition coefficient (Wildman–Crippen LogP) is -1.10. The Morgan fingerprint density at radius 2 is 2.45 bits per heavy atom. The van der Waals surface area contributed by atoms with Crippen molar-refractivity contribution < 1.29 is 24.2 Å². The molecule has 1 fully saturated rings. The fourth-order valence-electron chi connectivity index (χ4n) is 1.91. The monoisotopic (exact) mass is 284 g/mol. The second-order valence-electron chi connectivity index (χ2n) is 4.57. The van der Waals surface area contributed by atoms with E-state index >= 15 is 0 Å². The van der Waals surface area contributed by atoms with Crippen molar-refractivity contribution >= 4 is 11.9 Å². The van der Waals surface area contributed by atoms with Gasteiger partial charge in [0.25, 0.3) is 5.91 Å². The van der Waals surface area contributed by atoms with Crippen LogP contribution in [0.5, 0.6) is 0 Å². The van der Waals surface area contributed by atoms with Gasteiger partial charge in [-0.25, -0.2) is 4.68 Å². The molecule has 1 aromatic heterocycles. The van der Waals surface area contributed by atoms with Gasteiger partial charge in [0.1, 0.15) is 12.1 Å². The SMILES string of the molecule is COC1(CNC(=O)c2cn(CC(=O)O)nn2)CCOC1. The molecule has 1 atom stereocenters. The first kappa shape index (κ1) is 14.4. The number of carboxylic acids is 1. The number of carbonyl (C=O) groups excluding carboxylic acids is 1. The Balaban J connectivity index is 1.91. The minimum atomic E-state index is -1.05. The summed E-state index contributed by atoms with van der Waals surface area (Å²) in [4.78, 5) is 22.4. The summed E-state index contributed by atoms with van der Waals surface area (Å²) in [5, 5.41) is 18.5. The number of hydrogen-bond donors (Lipinski definition) is 2. The van der Waals surface area contributed by atoms with Gasteiger partial charge in [0.2, 0.25) is 0 Å². The van der Waals surface area contributed by atoms with Crippen molar-refractivity contribution in [2.75, 3.05) is 26.9 Å². The van der Waals surface area contributed by atoms with E-state index in [0.717, 1.165) is 4.68 Å². The van der Waals surface area contributed by atoms with E-state index in [2.05, 4.69) is 15.6 Å². The number of nitrogens with one attached hydrogen (secondary N) is 1. The molecule has 1 amide bonds. The molecule has 0 spiro atoms. The van der Waals surface area contributed by atoms with Gasteiger partial charge >= 0.3 is 5.97 Å².